The van der Waals surface area contributed by atoms with Gasteiger partial charge in [-0.15, -0.1) is 0 Å². The van der Waals surface area contributed by atoms with E-state index in [2.05, 4.69) is 11.2 Å². The van der Waals surface area contributed by atoms with Gasteiger partial charge in [-0.1, -0.05) is 24.3 Å². The van der Waals surface area contributed by atoms with Crippen molar-refractivity contribution in [3.63, 3.8) is 0 Å². The molecule has 2 heterocycles. The van der Waals surface area contributed by atoms with Crippen molar-refractivity contribution in [3.05, 3.63) is 53.3 Å². The number of fused-ring (bicyclic) bond motifs is 1. The summed E-state index contributed by atoms with van der Waals surface area (Å²) in [5.74, 6) is -0.703. The number of hydrogen-bond donors (Lipinski definition) is 0. The topological polar surface area (TPSA) is 64.4 Å². The van der Waals surface area contributed by atoms with Gasteiger partial charge in [0.25, 0.3) is 5.91 Å². The fraction of sp³-hybridized carbons (Fsp3) is 0.312. The van der Waals surface area contributed by atoms with Crippen LogP contribution in [0, 0.1) is 0 Å². The Bertz CT molecular complexity index is 708. The fourth-order valence-electron chi connectivity index (χ4n) is 2.54. The van der Waals surface area contributed by atoms with Crippen molar-refractivity contribution in [1.82, 2.24) is 14.7 Å². The number of ether oxygens (including phenoxy) is 1. The van der Waals surface area contributed by atoms with E-state index in [1.54, 1.807) is 18.1 Å². The van der Waals surface area contributed by atoms with Crippen LogP contribution in [0.3, 0.4) is 0 Å². The second kappa shape index (κ2) is 6.01. The molecule has 1 aliphatic heterocycles. The van der Waals surface area contributed by atoms with Crippen LogP contribution < -0.4 is 0 Å². The van der Waals surface area contributed by atoms with E-state index in [-0.39, 0.29) is 12.5 Å². The molecule has 0 N–H and O–H groups in total. The zero-order valence-electron chi connectivity index (χ0n) is 12.4. The fourth-order valence-corrected chi connectivity index (χ4v) is 2.54. The van der Waals surface area contributed by atoms with E-state index in [0.717, 1.165) is 12.0 Å². The predicted octanol–water partition coefficient (Wildman–Crippen LogP) is 1.16. The third kappa shape index (κ3) is 3.00. The second-order valence-corrected chi connectivity index (χ2v) is 5.31. The van der Waals surface area contributed by atoms with Crippen molar-refractivity contribution in [2.24, 2.45) is 7.05 Å². The predicted molar refractivity (Wildman–Crippen MR) is 79.1 cm³/mol. The first kappa shape index (κ1) is 14.3. The SMILES string of the molecule is Cn1cc(C(=O)OCC(=O)N2CCc3ccccc3C2)cn1. The van der Waals surface area contributed by atoms with Gasteiger partial charge < -0.3 is 9.64 Å². The maximum Gasteiger partial charge on any atom is 0.341 e. The maximum absolute atomic E-state index is 12.2. The van der Waals surface area contributed by atoms with Gasteiger partial charge in [0.1, 0.15) is 0 Å². The number of carbonyl (C=O) groups excluding carboxylic acids is 2. The zero-order valence-corrected chi connectivity index (χ0v) is 12.4. The Morgan fingerprint density at radius 1 is 1.27 bits per heavy atom. The highest BCUT2D eigenvalue weighted by Gasteiger charge is 2.21. The molecular weight excluding hydrogens is 282 g/mol. The molecule has 0 unspecified atom stereocenters. The summed E-state index contributed by atoms with van der Waals surface area (Å²) < 4.78 is 6.57. The maximum atomic E-state index is 12.2. The number of rotatable bonds is 3. The van der Waals surface area contributed by atoms with Gasteiger partial charge in [-0.25, -0.2) is 4.79 Å². The van der Waals surface area contributed by atoms with Crippen LogP contribution in [0.5, 0.6) is 0 Å². The number of aryl methyl sites for hydroxylation is 1. The second-order valence-electron chi connectivity index (χ2n) is 5.31. The quantitative estimate of drug-likeness (QED) is 0.798. The van der Waals surface area contributed by atoms with E-state index in [4.69, 9.17) is 4.74 Å². The van der Waals surface area contributed by atoms with E-state index in [9.17, 15) is 9.59 Å². The highest BCUT2D eigenvalue weighted by molar-refractivity contribution is 5.90. The largest absolute Gasteiger partial charge is 0.452 e. The van der Waals surface area contributed by atoms with E-state index in [1.165, 1.54) is 16.4 Å². The molecule has 114 valence electrons. The minimum Gasteiger partial charge on any atom is -0.452 e. The molecule has 0 spiro atoms. The summed E-state index contributed by atoms with van der Waals surface area (Å²) in [5.41, 5.74) is 2.78. The summed E-state index contributed by atoms with van der Waals surface area (Å²) in [5, 5.41) is 3.90. The standard InChI is InChI=1S/C16H17N3O3/c1-18-9-14(8-17-18)16(21)22-11-15(20)19-7-6-12-4-2-3-5-13(12)10-19/h2-5,8-9H,6-7,10-11H2,1H3. The van der Waals surface area contributed by atoms with Crippen molar-refractivity contribution < 1.29 is 14.3 Å². The van der Waals surface area contributed by atoms with E-state index >= 15 is 0 Å². The molecule has 0 aliphatic carbocycles. The molecule has 22 heavy (non-hydrogen) atoms. The molecule has 0 saturated heterocycles. The van der Waals surface area contributed by atoms with Crippen molar-refractivity contribution in [3.8, 4) is 0 Å². The van der Waals surface area contributed by atoms with Gasteiger partial charge in [0.2, 0.25) is 0 Å². The van der Waals surface area contributed by atoms with Crippen LogP contribution in [0.2, 0.25) is 0 Å². The molecule has 1 aliphatic rings. The van der Waals surface area contributed by atoms with Crippen LogP contribution in [-0.2, 0) is 29.5 Å². The Kier molecular flexibility index (Phi) is 3.91. The minimum atomic E-state index is -0.529. The molecule has 1 aromatic heterocycles. The molecule has 2 aromatic rings. The minimum absolute atomic E-state index is 0.174. The van der Waals surface area contributed by atoms with Crippen LogP contribution in [-0.4, -0.2) is 39.7 Å². The van der Waals surface area contributed by atoms with Crippen LogP contribution in [0.1, 0.15) is 21.5 Å². The van der Waals surface area contributed by atoms with Gasteiger partial charge in [-0.2, -0.15) is 5.10 Å². The Morgan fingerprint density at radius 3 is 2.77 bits per heavy atom. The van der Waals surface area contributed by atoms with Crippen molar-refractivity contribution in [2.75, 3.05) is 13.2 Å². The van der Waals surface area contributed by atoms with Crippen LogP contribution in [0.25, 0.3) is 0 Å². The van der Waals surface area contributed by atoms with Gasteiger partial charge in [0, 0.05) is 26.3 Å². The highest BCUT2D eigenvalue weighted by atomic mass is 16.5. The lowest BCUT2D eigenvalue weighted by atomic mass is 10.00. The van der Waals surface area contributed by atoms with E-state index in [1.807, 2.05) is 18.2 Å². The Balaban J connectivity index is 1.56. The molecule has 3 rings (SSSR count). The summed E-state index contributed by atoms with van der Waals surface area (Å²) in [6.07, 6.45) is 3.81. The lowest BCUT2D eigenvalue weighted by Crippen LogP contribution is -2.38. The molecule has 6 nitrogen and oxygen atoms in total. The number of aromatic nitrogens is 2. The zero-order chi connectivity index (χ0) is 15.5. The molecule has 0 radical (unpaired) electrons. The number of benzene rings is 1. The average Bonchev–Trinajstić information content (AvgIpc) is 2.98. The first-order chi connectivity index (χ1) is 10.6. The van der Waals surface area contributed by atoms with Gasteiger partial charge >= 0.3 is 5.97 Å². The summed E-state index contributed by atoms with van der Waals surface area (Å²) in [7, 11) is 1.72. The first-order valence-corrected chi connectivity index (χ1v) is 7.14. The lowest BCUT2D eigenvalue weighted by molar-refractivity contribution is -0.135. The molecule has 6 heteroatoms. The molecule has 0 saturated carbocycles. The number of carbonyl (C=O) groups is 2. The lowest BCUT2D eigenvalue weighted by Gasteiger charge is -2.28. The third-order valence-corrected chi connectivity index (χ3v) is 3.75. The number of nitrogens with zero attached hydrogens (tertiary/aromatic N) is 3. The molecule has 0 fully saturated rings. The van der Waals surface area contributed by atoms with Gasteiger partial charge in [0.05, 0.1) is 11.8 Å². The van der Waals surface area contributed by atoms with Crippen LogP contribution in [0.15, 0.2) is 36.7 Å². The van der Waals surface area contributed by atoms with Crippen molar-refractivity contribution in [1.29, 1.82) is 0 Å². The van der Waals surface area contributed by atoms with E-state index < -0.39 is 5.97 Å². The smallest absolute Gasteiger partial charge is 0.341 e. The average molecular weight is 299 g/mol. The summed E-state index contributed by atoms with van der Waals surface area (Å²) in [6, 6.07) is 8.08. The van der Waals surface area contributed by atoms with E-state index in [0.29, 0.717) is 18.7 Å². The Hall–Kier alpha value is -2.63. The summed E-state index contributed by atoms with van der Waals surface area (Å²) >= 11 is 0. The van der Waals surface area contributed by atoms with Crippen molar-refractivity contribution in [2.45, 2.75) is 13.0 Å². The summed E-state index contributed by atoms with van der Waals surface area (Å²) in [6.45, 7) is 0.982. The summed E-state index contributed by atoms with van der Waals surface area (Å²) in [4.78, 5) is 25.7. The molecule has 1 amide bonds. The molecule has 1 aromatic carbocycles. The number of hydrogen-bond acceptors (Lipinski definition) is 4. The third-order valence-electron chi connectivity index (χ3n) is 3.75. The molecule has 0 bridgehead atoms. The Labute approximate surface area is 128 Å². The Morgan fingerprint density at radius 2 is 2.05 bits per heavy atom. The normalized spacial score (nSPS) is 13.6. The van der Waals surface area contributed by atoms with Crippen LogP contribution in [0.4, 0.5) is 0 Å². The first-order valence-electron chi connectivity index (χ1n) is 7.14. The van der Waals surface area contributed by atoms with Crippen molar-refractivity contribution >= 4 is 11.9 Å². The number of amides is 1. The molecular formula is C16H17N3O3. The van der Waals surface area contributed by atoms with Gasteiger partial charge in [0.15, 0.2) is 6.61 Å². The van der Waals surface area contributed by atoms with Crippen LogP contribution >= 0.6 is 0 Å². The highest BCUT2D eigenvalue weighted by Crippen LogP contribution is 2.18. The van der Waals surface area contributed by atoms with Gasteiger partial charge in [-0.3, -0.25) is 9.48 Å². The molecule has 0 atom stereocenters. The number of esters is 1. The monoisotopic (exact) mass is 299 g/mol. The van der Waals surface area contributed by atoms with Gasteiger partial charge in [-0.05, 0) is 17.5 Å².